The molecule has 3 saturated heterocycles. The molecule has 2 atom stereocenters. The summed E-state index contributed by atoms with van der Waals surface area (Å²) in [7, 11) is 1.84. The van der Waals surface area contributed by atoms with Crippen LogP contribution in [0.2, 0.25) is 0 Å². The minimum absolute atomic E-state index is 0. The molecule has 0 spiro atoms. The van der Waals surface area contributed by atoms with Crippen molar-refractivity contribution >= 4 is 35.8 Å². The number of piperidine rings is 1. The van der Waals surface area contributed by atoms with E-state index in [9.17, 15) is 4.79 Å². The number of amides is 1. The van der Waals surface area contributed by atoms with Crippen molar-refractivity contribution in [3.05, 3.63) is 0 Å². The summed E-state index contributed by atoms with van der Waals surface area (Å²) in [6.45, 7) is 15.3. The van der Waals surface area contributed by atoms with Gasteiger partial charge in [-0.15, -0.1) is 24.0 Å². The fourth-order valence-electron chi connectivity index (χ4n) is 4.45. The second kappa shape index (κ2) is 10.4. The highest BCUT2D eigenvalue weighted by Crippen LogP contribution is 2.25. The van der Waals surface area contributed by atoms with E-state index >= 15 is 0 Å². The number of carbonyl (C=O) groups excluding carboxylic acids is 1. The molecule has 3 aliphatic heterocycles. The molecule has 0 aliphatic carbocycles. The zero-order valence-electron chi connectivity index (χ0n) is 17.9. The molecular formula is C20H38IN5O2. The van der Waals surface area contributed by atoms with Crippen LogP contribution >= 0.6 is 24.0 Å². The Morgan fingerprint density at radius 2 is 1.71 bits per heavy atom. The van der Waals surface area contributed by atoms with Gasteiger partial charge in [0.2, 0.25) is 5.91 Å². The smallest absolute Gasteiger partial charge is 0.236 e. The van der Waals surface area contributed by atoms with Crippen molar-refractivity contribution in [1.29, 1.82) is 0 Å². The first kappa shape index (κ1) is 23.7. The van der Waals surface area contributed by atoms with Crippen LogP contribution < -0.4 is 5.32 Å². The molecular weight excluding hydrogens is 469 g/mol. The molecule has 0 bridgehead atoms. The van der Waals surface area contributed by atoms with Gasteiger partial charge in [0.25, 0.3) is 0 Å². The van der Waals surface area contributed by atoms with Crippen molar-refractivity contribution in [2.24, 2.45) is 22.2 Å². The highest BCUT2D eigenvalue weighted by molar-refractivity contribution is 14.0. The van der Waals surface area contributed by atoms with E-state index in [-0.39, 0.29) is 29.4 Å². The Bertz CT molecular complexity index is 537. The number of aliphatic imine (C=N–C) groups is 1. The summed E-state index contributed by atoms with van der Waals surface area (Å²) in [4.78, 5) is 23.8. The first-order valence-corrected chi connectivity index (χ1v) is 10.4. The van der Waals surface area contributed by atoms with Gasteiger partial charge in [-0.2, -0.15) is 0 Å². The normalized spacial score (nSPS) is 28.4. The lowest BCUT2D eigenvalue weighted by Gasteiger charge is -2.41. The SMILES string of the molecule is CN=C(NCC1(C)COC1)N1CCN(CC(=O)N2CC(C)CC(C)C2)CC1.I. The number of carbonyl (C=O) groups is 1. The van der Waals surface area contributed by atoms with Crippen molar-refractivity contribution in [2.75, 3.05) is 72.6 Å². The number of hydrogen-bond donors (Lipinski definition) is 1. The van der Waals surface area contributed by atoms with Crippen molar-refractivity contribution in [3.63, 3.8) is 0 Å². The summed E-state index contributed by atoms with van der Waals surface area (Å²) >= 11 is 0. The highest BCUT2D eigenvalue weighted by atomic mass is 127. The van der Waals surface area contributed by atoms with Gasteiger partial charge in [-0.05, 0) is 18.3 Å². The molecule has 2 unspecified atom stereocenters. The Morgan fingerprint density at radius 3 is 2.21 bits per heavy atom. The van der Waals surface area contributed by atoms with Gasteiger partial charge in [0.05, 0.1) is 19.8 Å². The largest absolute Gasteiger partial charge is 0.380 e. The van der Waals surface area contributed by atoms with E-state index in [1.54, 1.807) is 0 Å². The number of halogens is 1. The van der Waals surface area contributed by atoms with Gasteiger partial charge in [-0.1, -0.05) is 20.8 Å². The maximum Gasteiger partial charge on any atom is 0.236 e. The first-order chi connectivity index (χ1) is 12.9. The highest BCUT2D eigenvalue weighted by Gasteiger charge is 2.34. The van der Waals surface area contributed by atoms with E-state index in [1.165, 1.54) is 6.42 Å². The Labute approximate surface area is 187 Å². The predicted molar refractivity (Wildman–Crippen MR) is 123 cm³/mol. The average Bonchev–Trinajstić information content (AvgIpc) is 2.61. The summed E-state index contributed by atoms with van der Waals surface area (Å²) in [5.74, 6) is 2.49. The number of nitrogens with one attached hydrogen (secondary N) is 1. The van der Waals surface area contributed by atoms with Crippen LogP contribution in [0.3, 0.4) is 0 Å². The molecule has 1 N–H and O–H groups in total. The van der Waals surface area contributed by atoms with Crippen molar-refractivity contribution in [2.45, 2.75) is 27.2 Å². The van der Waals surface area contributed by atoms with Gasteiger partial charge in [0.15, 0.2) is 5.96 Å². The molecule has 0 aromatic carbocycles. The number of guanidine groups is 1. The number of rotatable bonds is 4. The van der Waals surface area contributed by atoms with Crippen LogP contribution in [0.1, 0.15) is 27.2 Å². The molecule has 3 fully saturated rings. The topological polar surface area (TPSA) is 60.4 Å². The van der Waals surface area contributed by atoms with Crippen LogP contribution in [-0.4, -0.2) is 99.2 Å². The summed E-state index contributed by atoms with van der Waals surface area (Å²) in [6, 6.07) is 0. The van der Waals surface area contributed by atoms with E-state index < -0.39 is 0 Å². The van der Waals surface area contributed by atoms with E-state index in [1.807, 2.05) is 7.05 Å². The molecule has 0 radical (unpaired) electrons. The molecule has 1 amide bonds. The van der Waals surface area contributed by atoms with E-state index in [0.717, 1.165) is 65.0 Å². The predicted octanol–water partition coefficient (Wildman–Crippen LogP) is 1.34. The van der Waals surface area contributed by atoms with Gasteiger partial charge in [-0.25, -0.2) is 0 Å². The Kier molecular flexibility index (Phi) is 8.81. The summed E-state index contributed by atoms with van der Waals surface area (Å²) in [6.07, 6.45) is 1.24. The molecule has 7 nitrogen and oxygen atoms in total. The van der Waals surface area contributed by atoms with Crippen LogP contribution in [0.5, 0.6) is 0 Å². The molecule has 0 saturated carbocycles. The van der Waals surface area contributed by atoms with Gasteiger partial charge < -0.3 is 19.9 Å². The number of ether oxygens (including phenoxy) is 1. The number of likely N-dealkylation sites (tertiary alicyclic amines) is 1. The maximum atomic E-state index is 12.7. The fourth-order valence-corrected chi connectivity index (χ4v) is 4.45. The standard InChI is InChI=1S/C20H37N5O2.HI/c1-16-9-17(2)11-25(10-16)18(26)12-23-5-7-24(8-6-23)19(21-4)22-13-20(3)14-27-15-20;/h16-17H,5-15H2,1-4H3,(H,21,22);1H. The zero-order valence-corrected chi connectivity index (χ0v) is 20.3. The van der Waals surface area contributed by atoms with Gasteiger partial charge in [-0.3, -0.25) is 14.7 Å². The van der Waals surface area contributed by atoms with Gasteiger partial charge in [0, 0.05) is 58.3 Å². The third kappa shape index (κ3) is 6.19. The van der Waals surface area contributed by atoms with Crippen LogP contribution in [0.25, 0.3) is 0 Å². The lowest BCUT2D eigenvalue weighted by atomic mass is 9.89. The van der Waals surface area contributed by atoms with Crippen molar-refractivity contribution in [3.8, 4) is 0 Å². The van der Waals surface area contributed by atoms with Crippen molar-refractivity contribution in [1.82, 2.24) is 20.0 Å². The maximum absolute atomic E-state index is 12.7. The van der Waals surface area contributed by atoms with Crippen LogP contribution in [0.4, 0.5) is 0 Å². The first-order valence-electron chi connectivity index (χ1n) is 10.4. The third-order valence-electron chi connectivity index (χ3n) is 6.04. The Balaban J connectivity index is 0.00000280. The molecule has 3 aliphatic rings. The Morgan fingerprint density at radius 1 is 1.11 bits per heavy atom. The molecule has 3 rings (SSSR count). The average molecular weight is 507 g/mol. The third-order valence-corrected chi connectivity index (χ3v) is 6.04. The van der Waals surface area contributed by atoms with Gasteiger partial charge in [0.1, 0.15) is 0 Å². The summed E-state index contributed by atoms with van der Waals surface area (Å²) in [5.41, 5.74) is 0.229. The fraction of sp³-hybridized carbons (Fsp3) is 0.900. The molecule has 8 heteroatoms. The molecule has 3 heterocycles. The quantitative estimate of drug-likeness (QED) is 0.354. The number of piperazine rings is 1. The lowest BCUT2D eigenvalue weighted by molar-refractivity contribution is -0.135. The lowest BCUT2D eigenvalue weighted by Crippen LogP contribution is -2.57. The minimum atomic E-state index is 0. The second-order valence-electron chi connectivity index (χ2n) is 9.21. The van der Waals surface area contributed by atoms with E-state index in [2.05, 4.69) is 45.8 Å². The monoisotopic (exact) mass is 507 g/mol. The zero-order chi connectivity index (χ0) is 19.4. The summed E-state index contributed by atoms with van der Waals surface area (Å²) < 4.78 is 5.33. The summed E-state index contributed by atoms with van der Waals surface area (Å²) in [5, 5.41) is 3.50. The molecule has 0 aromatic heterocycles. The molecule has 0 aromatic rings. The van der Waals surface area contributed by atoms with E-state index in [0.29, 0.717) is 24.3 Å². The van der Waals surface area contributed by atoms with Crippen LogP contribution in [0.15, 0.2) is 4.99 Å². The molecule has 162 valence electrons. The van der Waals surface area contributed by atoms with E-state index in [4.69, 9.17) is 4.74 Å². The van der Waals surface area contributed by atoms with Crippen LogP contribution in [0, 0.1) is 17.3 Å². The second-order valence-corrected chi connectivity index (χ2v) is 9.21. The number of hydrogen-bond acceptors (Lipinski definition) is 4. The minimum Gasteiger partial charge on any atom is -0.380 e. The Hall–Kier alpha value is -0.610. The van der Waals surface area contributed by atoms with Crippen molar-refractivity contribution < 1.29 is 9.53 Å². The van der Waals surface area contributed by atoms with Crippen LogP contribution in [-0.2, 0) is 9.53 Å². The molecule has 28 heavy (non-hydrogen) atoms. The number of nitrogens with zero attached hydrogens (tertiary/aromatic N) is 4. The van der Waals surface area contributed by atoms with Gasteiger partial charge >= 0.3 is 0 Å².